The molecule has 25 heavy (non-hydrogen) atoms. The van der Waals surface area contributed by atoms with Crippen LogP contribution in [0.5, 0.6) is 0 Å². The van der Waals surface area contributed by atoms with Crippen LogP contribution in [-0.2, 0) is 16.6 Å². The van der Waals surface area contributed by atoms with E-state index in [0.717, 1.165) is 6.07 Å². The Labute approximate surface area is 155 Å². The fraction of sp³-hybridized carbons (Fsp3) is 0.308. The van der Waals surface area contributed by atoms with Gasteiger partial charge in [-0.2, -0.15) is 0 Å². The van der Waals surface area contributed by atoms with E-state index in [0.29, 0.717) is 6.54 Å². The third-order valence-corrected chi connectivity index (χ3v) is 5.32. The highest BCUT2D eigenvalue weighted by atomic mass is 35.5. The minimum Gasteiger partial charge on any atom is -0.299 e. The zero-order valence-corrected chi connectivity index (χ0v) is 15.9. The van der Waals surface area contributed by atoms with Gasteiger partial charge in [0.15, 0.2) is 0 Å². The molecule has 4 N–H and O–H groups in total. The average Bonchev–Trinajstić information content (AvgIpc) is 2.91. The molecule has 2 rings (SSSR count). The maximum atomic E-state index is 12.7. The number of sulfonamides is 1. The summed E-state index contributed by atoms with van der Waals surface area (Å²) in [6.45, 7) is 4.47. The van der Waals surface area contributed by atoms with Gasteiger partial charge in [-0.25, -0.2) is 19.0 Å². The quantitative estimate of drug-likeness (QED) is 0.248. The standard InChI is InChI=1S/C13H17ClN6O3S2/c1-7(2)5-20-6-16-18-13(20)19-25(22,23)11-3-8(12(21)17-15)9(14)4-10(11)24/h3-4,6-7,24H,5,15H2,1-2H3,(H,17,21)(H,18,19). The first-order valence-corrected chi connectivity index (χ1v) is 9.40. The molecule has 0 spiro atoms. The maximum Gasteiger partial charge on any atom is 0.266 e. The van der Waals surface area contributed by atoms with Gasteiger partial charge in [0, 0.05) is 11.4 Å². The number of thiol groups is 1. The van der Waals surface area contributed by atoms with Crippen molar-refractivity contribution in [2.75, 3.05) is 4.72 Å². The highest BCUT2D eigenvalue weighted by molar-refractivity contribution is 7.93. The summed E-state index contributed by atoms with van der Waals surface area (Å²) in [5.74, 6) is 4.67. The molecule has 0 aliphatic rings. The lowest BCUT2D eigenvalue weighted by Crippen LogP contribution is -2.30. The maximum absolute atomic E-state index is 12.7. The van der Waals surface area contributed by atoms with Crippen LogP contribution in [0.3, 0.4) is 0 Å². The van der Waals surface area contributed by atoms with E-state index in [1.54, 1.807) is 4.57 Å². The lowest BCUT2D eigenvalue weighted by atomic mass is 10.2. The Hall–Kier alpha value is -1.82. The lowest BCUT2D eigenvalue weighted by Gasteiger charge is -2.13. The number of rotatable bonds is 6. The van der Waals surface area contributed by atoms with Gasteiger partial charge in [-0.1, -0.05) is 25.4 Å². The van der Waals surface area contributed by atoms with Crippen LogP contribution in [-0.4, -0.2) is 29.1 Å². The van der Waals surface area contributed by atoms with Crippen molar-refractivity contribution in [2.24, 2.45) is 11.8 Å². The van der Waals surface area contributed by atoms with E-state index in [4.69, 9.17) is 17.4 Å². The van der Waals surface area contributed by atoms with Gasteiger partial charge in [-0.15, -0.1) is 22.8 Å². The number of carbonyl (C=O) groups excluding carboxylic acids is 1. The zero-order chi connectivity index (χ0) is 18.8. The fourth-order valence-corrected chi connectivity index (χ4v) is 4.04. The molecule has 1 aromatic carbocycles. The normalized spacial score (nSPS) is 11.6. The molecular weight excluding hydrogens is 388 g/mol. The Kier molecular flexibility index (Phi) is 5.93. The Morgan fingerprint density at radius 3 is 2.72 bits per heavy atom. The molecule has 0 aliphatic carbocycles. The van der Waals surface area contributed by atoms with Crippen molar-refractivity contribution in [1.29, 1.82) is 0 Å². The molecule has 136 valence electrons. The number of carbonyl (C=O) groups is 1. The van der Waals surface area contributed by atoms with E-state index < -0.39 is 15.9 Å². The number of nitrogens with two attached hydrogens (primary N) is 1. The van der Waals surface area contributed by atoms with Crippen LogP contribution in [0.4, 0.5) is 5.95 Å². The van der Waals surface area contributed by atoms with Gasteiger partial charge in [-0.3, -0.25) is 14.8 Å². The average molecular weight is 405 g/mol. The second-order valence-electron chi connectivity index (χ2n) is 5.58. The summed E-state index contributed by atoms with van der Waals surface area (Å²) in [6.07, 6.45) is 1.43. The molecule has 1 heterocycles. The molecule has 9 nitrogen and oxygen atoms in total. The van der Waals surface area contributed by atoms with Crippen molar-refractivity contribution in [2.45, 2.75) is 30.2 Å². The number of aromatic nitrogens is 3. The van der Waals surface area contributed by atoms with Crippen molar-refractivity contribution in [1.82, 2.24) is 20.2 Å². The number of benzene rings is 1. The van der Waals surface area contributed by atoms with Crippen LogP contribution in [0.15, 0.2) is 28.3 Å². The van der Waals surface area contributed by atoms with Gasteiger partial charge in [0.1, 0.15) is 11.2 Å². The van der Waals surface area contributed by atoms with Crippen molar-refractivity contribution in [3.8, 4) is 0 Å². The fourth-order valence-electron chi connectivity index (χ4n) is 2.05. The summed E-state index contributed by atoms with van der Waals surface area (Å²) < 4.78 is 29.3. The number of anilines is 1. The smallest absolute Gasteiger partial charge is 0.266 e. The van der Waals surface area contributed by atoms with Gasteiger partial charge in [0.2, 0.25) is 5.95 Å². The Balaban J connectivity index is 2.44. The van der Waals surface area contributed by atoms with Crippen molar-refractivity contribution >= 4 is 46.1 Å². The van der Waals surface area contributed by atoms with Crippen molar-refractivity contribution < 1.29 is 13.2 Å². The molecule has 1 amide bonds. The largest absolute Gasteiger partial charge is 0.299 e. The van der Waals surface area contributed by atoms with Crippen LogP contribution in [0.25, 0.3) is 0 Å². The molecule has 0 bridgehead atoms. The van der Waals surface area contributed by atoms with E-state index in [1.165, 1.54) is 12.4 Å². The first-order chi connectivity index (χ1) is 11.7. The number of hydrogen-bond donors (Lipinski definition) is 4. The minimum atomic E-state index is -4.08. The summed E-state index contributed by atoms with van der Waals surface area (Å²) in [6, 6.07) is 2.35. The SMILES string of the molecule is CC(C)Cn1cnnc1NS(=O)(=O)c1cc(C(=O)NN)c(Cl)cc1S. The highest BCUT2D eigenvalue weighted by Crippen LogP contribution is 2.28. The van der Waals surface area contributed by atoms with E-state index in [1.807, 2.05) is 19.3 Å². The Morgan fingerprint density at radius 1 is 1.44 bits per heavy atom. The van der Waals surface area contributed by atoms with E-state index in [2.05, 4.69) is 27.5 Å². The predicted octanol–water partition coefficient (Wildman–Crippen LogP) is 1.28. The molecule has 0 atom stereocenters. The number of nitrogens with one attached hydrogen (secondary N) is 2. The number of hydrazine groups is 1. The van der Waals surface area contributed by atoms with Gasteiger partial charge in [0.05, 0.1) is 10.6 Å². The Bertz CT molecular complexity index is 897. The van der Waals surface area contributed by atoms with Crippen LogP contribution in [0, 0.1) is 5.92 Å². The van der Waals surface area contributed by atoms with E-state index in [9.17, 15) is 13.2 Å². The van der Waals surface area contributed by atoms with Gasteiger partial charge >= 0.3 is 0 Å². The molecule has 1 aromatic heterocycles. The molecule has 0 saturated carbocycles. The summed E-state index contributed by atoms with van der Waals surface area (Å²) in [5.41, 5.74) is 1.81. The molecular formula is C13H17ClN6O3S2. The third kappa shape index (κ3) is 4.42. The van der Waals surface area contributed by atoms with Crippen LogP contribution < -0.4 is 16.0 Å². The highest BCUT2D eigenvalue weighted by Gasteiger charge is 2.24. The van der Waals surface area contributed by atoms with Crippen LogP contribution in [0.2, 0.25) is 5.02 Å². The second kappa shape index (κ2) is 7.60. The predicted molar refractivity (Wildman–Crippen MR) is 96.0 cm³/mol. The topological polar surface area (TPSA) is 132 Å². The molecule has 0 saturated heterocycles. The van der Waals surface area contributed by atoms with E-state index in [-0.39, 0.29) is 32.2 Å². The summed E-state index contributed by atoms with van der Waals surface area (Å²) in [4.78, 5) is 11.6. The first kappa shape index (κ1) is 19.5. The molecule has 0 fully saturated rings. The Morgan fingerprint density at radius 2 is 2.12 bits per heavy atom. The second-order valence-corrected chi connectivity index (χ2v) is 8.12. The number of nitrogen functional groups attached to an aromatic ring is 1. The van der Waals surface area contributed by atoms with E-state index >= 15 is 0 Å². The molecule has 2 aromatic rings. The third-order valence-electron chi connectivity index (χ3n) is 3.12. The molecule has 0 unspecified atom stereocenters. The minimum absolute atomic E-state index is 0.0230. The summed E-state index contributed by atoms with van der Waals surface area (Å²) in [5, 5.41) is 7.51. The van der Waals surface area contributed by atoms with Crippen LogP contribution >= 0.6 is 24.2 Å². The molecule has 0 aliphatic heterocycles. The number of amides is 1. The lowest BCUT2D eigenvalue weighted by molar-refractivity contribution is 0.0953. The van der Waals surface area contributed by atoms with Gasteiger partial charge in [-0.05, 0) is 18.1 Å². The molecule has 12 heteroatoms. The summed E-state index contributed by atoms with van der Waals surface area (Å²) in [7, 11) is -4.08. The van der Waals surface area contributed by atoms with Crippen LogP contribution in [0.1, 0.15) is 24.2 Å². The number of nitrogens with zero attached hydrogens (tertiary/aromatic N) is 3. The first-order valence-electron chi connectivity index (χ1n) is 7.09. The zero-order valence-electron chi connectivity index (χ0n) is 13.4. The number of hydrogen-bond acceptors (Lipinski definition) is 7. The summed E-state index contributed by atoms with van der Waals surface area (Å²) >= 11 is 10.1. The van der Waals surface area contributed by atoms with Crippen molar-refractivity contribution in [3.05, 3.63) is 29.0 Å². The van der Waals surface area contributed by atoms with Crippen molar-refractivity contribution in [3.63, 3.8) is 0 Å². The number of halogens is 1. The monoisotopic (exact) mass is 404 g/mol. The van der Waals surface area contributed by atoms with Gasteiger partial charge < -0.3 is 0 Å². The van der Waals surface area contributed by atoms with Gasteiger partial charge in [0.25, 0.3) is 15.9 Å². The molecule has 0 radical (unpaired) electrons.